The van der Waals surface area contributed by atoms with Crippen molar-refractivity contribution < 1.29 is 19.2 Å². The minimum atomic E-state index is -0.920. The second-order valence-corrected chi connectivity index (χ2v) is 7.71. The van der Waals surface area contributed by atoms with Crippen LogP contribution in [0.15, 0.2) is 24.3 Å². The first-order valence-electron chi connectivity index (χ1n) is 9.80. The number of amides is 4. The molecule has 1 aromatic carbocycles. The van der Waals surface area contributed by atoms with Gasteiger partial charge in [-0.15, -0.1) is 0 Å². The average Bonchev–Trinajstić information content (AvgIpc) is 3.53. The van der Waals surface area contributed by atoms with Crippen molar-refractivity contribution >= 4 is 29.3 Å². The van der Waals surface area contributed by atoms with Crippen molar-refractivity contribution in [2.75, 3.05) is 18.4 Å². The highest BCUT2D eigenvalue weighted by Crippen LogP contribution is 2.31. The number of nitrogens with zero attached hydrogens (tertiary/aromatic N) is 1. The molecule has 8 heteroatoms. The standard InChI is InChI=1S/C20H24N4O4/c25-17(21-13-7-9-24(10-8-13)20(28)12-5-6-12)11-16-19(27)22-15-4-2-1-3-14(15)18(26)23-16/h1-4,12-13,16H,5-11H2,(H,21,25)(H,22,27)(H,23,26). The fourth-order valence-corrected chi connectivity index (χ4v) is 3.76. The Kier molecular flexibility index (Phi) is 5.02. The van der Waals surface area contributed by atoms with Crippen LogP contribution in [-0.4, -0.2) is 53.7 Å². The number of fused-ring (bicyclic) bond motifs is 1. The molecule has 8 nitrogen and oxygen atoms in total. The van der Waals surface area contributed by atoms with Gasteiger partial charge in [0, 0.05) is 25.0 Å². The molecule has 1 aliphatic carbocycles. The molecular formula is C20H24N4O4. The number of para-hydroxylation sites is 1. The zero-order chi connectivity index (χ0) is 19.7. The fourth-order valence-electron chi connectivity index (χ4n) is 3.76. The van der Waals surface area contributed by atoms with Gasteiger partial charge in [0.25, 0.3) is 5.91 Å². The molecule has 1 saturated carbocycles. The van der Waals surface area contributed by atoms with Crippen LogP contribution in [0.4, 0.5) is 5.69 Å². The molecule has 4 rings (SSSR count). The summed E-state index contributed by atoms with van der Waals surface area (Å²) in [5.41, 5.74) is 0.826. The van der Waals surface area contributed by atoms with E-state index in [1.807, 2.05) is 4.90 Å². The predicted octanol–water partition coefficient (Wildman–Crippen LogP) is 0.644. The van der Waals surface area contributed by atoms with Gasteiger partial charge in [0.2, 0.25) is 17.7 Å². The molecule has 1 saturated heterocycles. The van der Waals surface area contributed by atoms with E-state index in [0.29, 0.717) is 37.2 Å². The van der Waals surface area contributed by atoms with Gasteiger partial charge in [-0.05, 0) is 37.8 Å². The highest BCUT2D eigenvalue weighted by Gasteiger charge is 2.35. The molecular weight excluding hydrogens is 360 g/mol. The summed E-state index contributed by atoms with van der Waals surface area (Å²) in [6.07, 6.45) is 3.29. The van der Waals surface area contributed by atoms with E-state index in [1.54, 1.807) is 24.3 Å². The maximum Gasteiger partial charge on any atom is 0.254 e. The maximum absolute atomic E-state index is 12.4. The van der Waals surface area contributed by atoms with Gasteiger partial charge in [-0.1, -0.05) is 12.1 Å². The Hall–Kier alpha value is -2.90. The minimum Gasteiger partial charge on any atom is -0.353 e. The van der Waals surface area contributed by atoms with E-state index in [0.717, 1.165) is 12.8 Å². The van der Waals surface area contributed by atoms with E-state index in [2.05, 4.69) is 16.0 Å². The number of nitrogens with one attached hydrogen (secondary N) is 3. The van der Waals surface area contributed by atoms with Crippen LogP contribution in [0.1, 0.15) is 42.5 Å². The van der Waals surface area contributed by atoms with Gasteiger partial charge in [-0.3, -0.25) is 19.2 Å². The third-order valence-corrected chi connectivity index (χ3v) is 5.54. The van der Waals surface area contributed by atoms with Crippen molar-refractivity contribution in [3.05, 3.63) is 29.8 Å². The largest absolute Gasteiger partial charge is 0.353 e. The van der Waals surface area contributed by atoms with Crippen molar-refractivity contribution in [3.63, 3.8) is 0 Å². The molecule has 1 unspecified atom stereocenters. The number of anilines is 1. The molecule has 1 atom stereocenters. The summed E-state index contributed by atoms with van der Waals surface area (Å²) in [5.74, 6) is -0.606. The maximum atomic E-state index is 12.4. The van der Waals surface area contributed by atoms with Crippen molar-refractivity contribution in [1.82, 2.24) is 15.5 Å². The first-order chi connectivity index (χ1) is 13.5. The monoisotopic (exact) mass is 384 g/mol. The quantitative estimate of drug-likeness (QED) is 0.708. The number of carbonyl (C=O) groups is 4. The zero-order valence-corrected chi connectivity index (χ0v) is 15.6. The molecule has 2 heterocycles. The van der Waals surface area contributed by atoms with Crippen LogP contribution >= 0.6 is 0 Å². The lowest BCUT2D eigenvalue weighted by atomic mass is 10.0. The van der Waals surface area contributed by atoms with Crippen LogP contribution in [0.3, 0.4) is 0 Å². The van der Waals surface area contributed by atoms with Crippen LogP contribution < -0.4 is 16.0 Å². The number of rotatable bonds is 4. The van der Waals surface area contributed by atoms with E-state index in [-0.39, 0.29) is 36.1 Å². The summed E-state index contributed by atoms with van der Waals surface area (Å²) in [4.78, 5) is 51.1. The zero-order valence-electron chi connectivity index (χ0n) is 15.6. The molecule has 2 fully saturated rings. The summed E-state index contributed by atoms with van der Waals surface area (Å²) in [6, 6.07) is 5.81. The molecule has 0 bridgehead atoms. The first kappa shape index (κ1) is 18.5. The number of likely N-dealkylation sites (tertiary alicyclic amines) is 1. The molecule has 28 heavy (non-hydrogen) atoms. The number of hydrogen-bond acceptors (Lipinski definition) is 4. The van der Waals surface area contributed by atoms with Crippen molar-refractivity contribution in [3.8, 4) is 0 Å². The smallest absolute Gasteiger partial charge is 0.254 e. The molecule has 2 aliphatic heterocycles. The Morgan fingerprint density at radius 2 is 1.79 bits per heavy atom. The third kappa shape index (κ3) is 4.00. The summed E-state index contributed by atoms with van der Waals surface area (Å²) < 4.78 is 0. The summed E-state index contributed by atoms with van der Waals surface area (Å²) in [5, 5.41) is 8.27. The van der Waals surface area contributed by atoms with E-state index >= 15 is 0 Å². The van der Waals surface area contributed by atoms with Crippen LogP contribution in [-0.2, 0) is 14.4 Å². The van der Waals surface area contributed by atoms with Gasteiger partial charge < -0.3 is 20.9 Å². The lowest BCUT2D eigenvalue weighted by Gasteiger charge is -2.32. The number of piperidine rings is 1. The summed E-state index contributed by atoms with van der Waals surface area (Å²) in [7, 11) is 0. The van der Waals surface area contributed by atoms with Gasteiger partial charge >= 0.3 is 0 Å². The molecule has 1 aromatic rings. The first-order valence-corrected chi connectivity index (χ1v) is 9.80. The molecule has 0 aromatic heterocycles. The van der Waals surface area contributed by atoms with E-state index in [9.17, 15) is 19.2 Å². The van der Waals surface area contributed by atoms with Gasteiger partial charge in [-0.2, -0.15) is 0 Å². The highest BCUT2D eigenvalue weighted by atomic mass is 16.2. The van der Waals surface area contributed by atoms with Crippen molar-refractivity contribution in [2.24, 2.45) is 5.92 Å². The van der Waals surface area contributed by atoms with Crippen LogP contribution in [0, 0.1) is 5.92 Å². The third-order valence-electron chi connectivity index (χ3n) is 5.54. The summed E-state index contributed by atoms with van der Waals surface area (Å²) in [6.45, 7) is 1.30. The fraction of sp³-hybridized carbons (Fsp3) is 0.500. The Morgan fingerprint density at radius 1 is 1.07 bits per heavy atom. The van der Waals surface area contributed by atoms with E-state index < -0.39 is 11.9 Å². The molecule has 3 N–H and O–H groups in total. The highest BCUT2D eigenvalue weighted by molar-refractivity contribution is 6.10. The Labute approximate surface area is 163 Å². The van der Waals surface area contributed by atoms with Crippen LogP contribution in [0.5, 0.6) is 0 Å². The summed E-state index contributed by atoms with van der Waals surface area (Å²) >= 11 is 0. The van der Waals surface area contributed by atoms with Gasteiger partial charge in [0.15, 0.2) is 0 Å². The van der Waals surface area contributed by atoms with E-state index in [4.69, 9.17) is 0 Å². The molecule has 3 aliphatic rings. The van der Waals surface area contributed by atoms with Gasteiger partial charge in [-0.25, -0.2) is 0 Å². The molecule has 0 spiro atoms. The molecule has 4 amide bonds. The normalized spacial score (nSPS) is 22.6. The van der Waals surface area contributed by atoms with Crippen LogP contribution in [0.25, 0.3) is 0 Å². The van der Waals surface area contributed by atoms with Crippen molar-refractivity contribution in [2.45, 2.75) is 44.2 Å². The lowest BCUT2D eigenvalue weighted by Crippen LogP contribution is -2.49. The molecule has 0 radical (unpaired) electrons. The number of hydrogen-bond donors (Lipinski definition) is 3. The second-order valence-electron chi connectivity index (χ2n) is 7.71. The Balaban J connectivity index is 1.29. The average molecular weight is 384 g/mol. The number of benzene rings is 1. The topological polar surface area (TPSA) is 108 Å². The lowest BCUT2D eigenvalue weighted by molar-refractivity contribution is -0.133. The van der Waals surface area contributed by atoms with Gasteiger partial charge in [0.05, 0.1) is 17.7 Å². The van der Waals surface area contributed by atoms with Crippen LogP contribution in [0.2, 0.25) is 0 Å². The Bertz CT molecular complexity index is 812. The SMILES string of the molecule is O=C(CC1NC(=O)c2ccccc2NC1=O)NC1CCN(C(=O)C2CC2)CC1. The second kappa shape index (κ2) is 7.61. The number of carbonyl (C=O) groups excluding carboxylic acids is 4. The van der Waals surface area contributed by atoms with E-state index in [1.165, 1.54) is 0 Å². The minimum absolute atomic E-state index is 0.0162. The van der Waals surface area contributed by atoms with Crippen molar-refractivity contribution in [1.29, 1.82) is 0 Å². The molecule has 148 valence electrons. The predicted molar refractivity (Wildman–Crippen MR) is 101 cm³/mol. The Morgan fingerprint density at radius 3 is 2.50 bits per heavy atom. The van der Waals surface area contributed by atoms with Gasteiger partial charge in [0.1, 0.15) is 6.04 Å².